The summed E-state index contributed by atoms with van der Waals surface area (Å²) >= 11 is 1.68. The predicted octanol–water partition coefficient (Wildman–Crippen LogP) is 4.95. The van der Waals surface area contributed by atoms with E-state index in [1.54, 1.807) is 11.8 Å². The van der Waals surface area contributed by atoms with Gasteiger partial charge in [0.1, 0.15) is 12.4 Å². The highest BCUT2D eigenvalue weighted by molar-refractivity contribution is 7.98. The van der Waals surface area contributed by atoms with E-state index < -0.39 is 0 Å². The van der Waals surface area contributed by atoms with Gasteiger partial charge in [0.05, 0.1) is 0 Å². The van der Waals surface area contributed by atoms with Crippen LogP contribution in [0.25, 0.3) is 0 Å². The minimum absolute atomic E-state index is 0.384. The summed E-state index contributed by atoms with van der Waals surface area (Å²) in [5.74, 6) is 2.49. The minimum atomic E-state index is 0.384. The van der Waals surface area contributed by atoms with Gasteiger partial charge in [0.2, 0.25) is 0 Å². The molecular weight excluding hydrogens is 342 g/mol. The lowest BCUT2D eigenvalue weighted by atomic mass is 10.2. The van der Waals surface area contributed by atoms with Crippen molar-refractivity contribution >= 4 is 11.8 Å². The molecule has 0 atom stereocenters. The lowest BCUT2D eigenvalue weighted by Crippen LogP contribution is -2.07. The van der Waals surface area contributed by atoms with E-state index in [4.69, 9.17) is 4.74 Å². The zero-order chi connectivity index (χ0) is 18.4. The number of ether oxygens (including phenoxy) is 1. The molecule has 3 rings (SSSR count). The SMILES string of the molecule is C=CCn1c(COc2ccc(C)cc2)nnc1SCc1cccc(C)c1. The molecule has 0 saturated heterocycles. The highest BCUT2D eigenvalue weighted by atomic mass is 32.2. The molecule has 134 valence electrons. The van der Waals surface area contributed by atoms with Crippen molar-refractivity contribution in [2.45, 2.75) is 37.9 Å². The fourth-order valence-corrected chi connectivity index (χ4v) is 3.49. The van der Waals surface area contributed by atoms with E-state index in [9.17, 15) is 0 Å². The molecule has 4 nitrogen and oxygen atoms in total. The summed E-state index contributed by atoms with van der Waals surface area (Å²) < 4.78 is 7.92. The molecule has 0 fully saturated rings. The van der Waals surface area contributed by atoms with E-state index in [0.717, 1.165) is 22.5 Å². The number of hydrogen-bond donors (Lipinski definition) is 0. The standard InChI is InChI=1S/C21H23N3OS/c1-4-12-24-20(14-25-19-10-8-16(2)9-11-19)22-23-21(24)26-15-18-7-5-6-17(3)13-18/h4-11,13H,1,12,14-15H2,2-3H3. The fourth-order valence-electron chi connectivity index (χ4n) is 2.58. The molecule has 1 heterocycles. The van der Waals surface area contributed by atoms with Crippen LogP contribution in [0.3, 0.4) is 0 Å². The summed E-state index contributed by atoms with van der Waals surface area (Å²) in [4.78, 5) is 0. The maximum atomic E-state index is 5.86. The molecule has 2 aromatic carbocycles. The third-order valence-electron chi connectivity index (χ3n) is 3.94. The first kappa shape index (κ1) is 18.3. The largest absolute Gasteiger partial charge is 0.486 e. The number of aryl methyl sites for hydroxylation is 2. The first-order valence-corrected chi connectivity index (χ1v) is 9.55. The number of thioether (sulfide) groups is 1. The third-order valence-corrected chi connectivity index (χ3v) is 4.98. The molecule has 0 radical (unpaired) electrons. The molecule has 0 aliphatic carbocycles. The fraction of sp³-hybridized carbons (Fsp3) is 0.238. The van der Waals surface area contributed by atoms with Crippen LogP contribution in [0.4, 0.5) is 0 Å². The predicted molar refractivity (Wildman–Crippen MR) is 106 cm³/mol. The maximum Gasteiger partial charge on any atom is 0.191 e. The quantitative estimate of drug-likeness (QED) is 0.418. The number of aromatic nitrogens is 3. The van der Waals surface area contributed by atoms with Crippen LogP contribution in [-0.2, 0) is 18.9 Å². The molecule has 0 N–H and O–H groups in total. The molecule has 0 aliphatic rings. The second-order valence-electron chi connectivity index (χ2n) is 6.18. The van der Waals surface area contributed by atoms with Gasteiger partial charge < -0.3 is 4.74 Å². The highest BCUT2D eigenvalue weighted by Crippen LogP contribution is 2.23. The van der Waals surface area contributed by atoms with Gasteiger partial charge in [0.15, 0.2) is 11.0 Å². The number of rotatable bonds is 8. The van der Waals surface area contributed by atoms with Crippen LogP contribution in [0.15, 0.2) is 66.3 Å². The van der Waals surface area contributed by atoms with Crippen molar-refractivity contribution in [3.63, 3.8) is 0 Å². The van der Waals surface area contributed by atoms with Crippen LogP contribution in [-0.4, -0.2) is 14.8 Å². The summed E-state index contributed by atoms with van der Waals surface area (Å²) in [5.41, 5.74) is 3.76. The molecule has 26 heavy (non-hydrogen) atoms. The van der Waals surface area contributed by atoms with Crippen molar-refractivity contribution in [1.29, 1.82) is 0 Å². The molecule has 1 aromatic heterocycles. The minimum Gasteiger partial charge on any atom is -0.486 e. The van der Waals surface area contributed by atoms with Crippen molar-refractivity contribution in [3.8, 4) is 5.75 Å². The molecule has 3 aromatic rings. The van der Waals surface area contributed by atoms with Gasteiger partial charge in [0, 0.05) is 12.3 Å². The van der Waals surface area contributed by atoms with Crippen LogP contribution in [0, 0.1) is 13.8 Å². The second kappa shape index (κ2) is 8.72. The summed E-state index contributed by atoms with van der Waals surface area (Å²) in [6, 6.07) is 16.5. The zero-order valence-electron chi connectivity index (χ0n) is 15.2. The van der Waals surface area contributed by atoms with Gasteiger partial charge in [-0.25, -0.2) is 0 Å². The monoisotopic (exact) mass is 365 g/mol. The van der Waals surface area contributed by atoms with E-state index in [2.05, 4.69) is 59.5 Å². The summed E-state index contributed by atoms with van der Waals surface area (Å²) in [6.07, 6.45) is 1.86. The maximum absolute atomic E-state index is 5.86. The Morgan fingerprint density at radius 3 is 2.62 bits per heavy atom. The Hall–Kier alpha value is -2.53. The molecule has 0 spiro atoms. The normalized spacial score (nSPS) is 10.7. The van der Waals surface area contributed by atoms with Crippen LogP contribution in [0.5, 0.6) is 5.75 Å². The van der Waals surface area contributed by atoms with Crippen LogP contribution < -0.4 is 4.74 Å². The van der Waals surface area contributed by atoms with Crippen molar-refractivity contribution < 1.29 is 4.74 Å². The Balaban J connectivity index is 1.68. The Labute approximate surface area is 158 Å². The van der Waals surface area contributed by atoms with Gasteiger partial charge in [-0.05, 0) is 31.5 Å². The van der Waals surface area contributed by atoms with E-state index in [1.165, 1.54) is 16.7 Å². The van der Waals surface area contributed by atoms with Crippen LogP contribution in [0.1, 0.15) is 22.5 Å². The smallest absolute Gasteiger partial charge is 0.191 e. The van der Waals surface area contributed by atoms with Crippen molar-refractivity contribution in [3.05, 3.63) is 83.7 Å². The lowest BCUT2D eigenvalue weighted by Gasteiger charge is -2.09. The summed E-state index contributed by atoms with van der Waals surface area (Å²) in [5, 5.41) is 9.55. The second-order valence-corrected chi connectivity index (χ2v) is 7.12. The molecule has 0 bridgehead atoms. The average Bonchev–Trinajstić information content (AvgIpc) is 3.02. The number of hydrogen-bond acceptors (Lipinski definition) is 4. The molecule has 0 amide bonds. The first-order valence-electron chi connectivity index (χ1n) is 8.56. The van der Waals surface area contributed by atoms with E-state index in [-0.39, 0.29) is 0 Å². The summed E-state index contributed by atoms with van der Waals surface area (Å²) in [6.45, 7) is 9.06. The number of allylic oxidation sites excluding steroid dienone is 1. The van der Waals surface area contributed by atoms with Crippen molar-refractivity contribution in [2.24, 2.45) is 0 Å². The van der Waals surface area contributed by atoms with Crippen molar-refractivity contribution in [2.75, 3.05) is 0 Å². The summed E-state index contributed by atoms with van der Waals surface area (Å²) in [7, 11) is 0. The Morgan fingerprint density at radius 2 is 1.88 bits per heavy atom. The lowest BCUT2D eigenvalue weighted by molar-refractivity contribution is 0.289. The van der Waals surface area contributed by atoms with Gasteiger partial charge in [-0.1, -0.05) is 65.4 Å². The first-order chi connectivity index (χ1) is 12.7. The van der Waals surface area contributed by atoms with Crippen LogP contribution >= 0.6 is 11.8 Å². The number of nitrogens with zero attached hydrogens (tertiary/aromatic N) is 3. The third kappa shape index (κ3) is 4.76. The van der Waals surface area contributed by atoms with E-state index in [0.29, 0.717) is 13.2 Å². The molecule has 5 heteroatoms. The molecule has 0 unspecified atom stereocenters. The van der Waals surface area contributed by atoms with Crippen molar-refractivity contribution in [1.82, 2.24) is 14.8 Å². The highest BCUT2D eigenvalue weighted by Gasteiger charge is 2.12. The van der Waals surface area contributed by atoms with E-state index >= 15 is 0 Å². The Bertz CT molecular complexity index is 871. The molecule has 0 saturated carbocycles. The number of benzene rings is 2. The molecular formula is C21H23N3OS. The average molecular weight is 366 g/mol. The van der Waals surface area contributed by atoms with Gasteiger partial charge in [0.25, 0.3) is 0 Å². The van der Waals surface area contributed by atoms with Gasteiger partial charge in [-0.2, -0.15) is 0 Å². The zero-order valence-corrected chi connectivity index (χ0v) is 16.0. The van der Waals surface area contributed by atoms with Crippen LogP contribution in [0.2, 0.25) is 0 Å². The topological polar surface area (TPSA) is 39.9 Å². The Morgan fingerprint density at radius 1 is 1.08 bits per heavy atom. The molecule has 0 aliphatic heterocycles. The van der Waals surface area contributed by atoms with E-state index in [1.807, 2.05) is 30.3 Å². The van der Waals surface area contributed by atoms with Gasteiger partial charge in [-0.3, -0.25) is 4.57 Å². The van der Waals surface area contributed by atoms with Gasteiger partial charge in [-0.15, -0.1) is 16.8 Å². The Kier molecular flexibility index (Phi) is 6.12. The van der Waals surface area contributed by atoms with Gasteiger partial charge >= 0.3 is 0 Å².